The lowest BCUT2D eigenvalue weighted by atomic mass is 9.96. The largest absolute Gasteiger partial charge is 0.465 e. The topological polar surface area (TPSA) is 113 Å². The van der Waals surface area contributed by atoms with Crippen LogP contribution in [0.15, 0.2) is 0 Å². The SMILES string of the molecule is CS(=O)(=O)OCCCCNC(=O)C1CCN(C(=O)O)CC1. The molecule has 9 heteroatoms. The van der Waals surface area contributed by atoms with E-state index in [2.05, 4.69) is 9.50 Å². The Hall–Kier alpha value is -1.35. The van der Waals surface area contributed by atoms with Gasteiger partial charge in [0.15, 0.2) is 0 Å². The minimum atomic E-state index is -3.40. The van der Waals surface area contributed by atoms with Gasteiger partial charge in [-0.3, -0.25) is 8.98 Å². The number of carboxylic acid groups (broad SMARTS) is 1. The third kappa shape index (κ3) is 7.28. The highest BCUT2D eigenvalue weighted by Gasteiger charge is 2.26. The summed E-state index contributed by atoms with van der Waals surface area (Å²) in [6.45, 7) is 1.35. The van der Waals surface area contributed by atoms with Crippen molar-refractivity contribution in [2.75, 3.05) is 32.5 Å². The number of nitrogens with one attached hydrogen (secondary N) is 1. The summed E-state index contributed by atoms with van der Waals surface area (Å²) in [5, 5.41) is 11.6. The van der Waals surface area contributed by atoms with E-state index in [0.29, 0.717) is 45.3 Å². The van der Waals surface area contributed by atoms with Gasteiger partial charge in [0.25, 0.3) is 10.1 Å². The first-order valence-corrected chi connectivity index (χ1v) is 8.71. The van der Waals surface area contributed by atoms with Crippen molar-refractivity contribution < 1.29 is 27.3 Å². The molecule has 1 rings (SSSR count). The Bertz CT molecular complexity index is 456. The molecule has 122 valence electrons. The van der Waals surface area contributed by atoms with Crippen molar-refractivity contribution in [2.45, 2.75) is 25.7 Å². The van der Waals surface area contributed by atoms with Gasteiger partial charge in [-0.15, -0.1) is 0 Å². The predicted molar refractivity (Wildman–Crippen MR) is 75.4 cm³/mol. The zero-order valence-corrected chi connectivity index (χ0v) is 12.9. The van der Waals surface area contributed by atoms with E-state index in [1.165, 1.54) is 4.90 Å². The molecule has 1 fully saturated rings. The third-order valence-electron chi connectivity index (χ3n) is 3.30. The summed E-state index contributed by atoms with van der Waals surface area (Å²) < 4.78 is 26.0. The number of hydrogen-bond acceptors (Lipinski definition) is 5. The molecular formula is C12H22N2O6S. The first kappa shape index (κ1) is 17.7. The molecule has 0 aromatic rings. The maximum atomic E-state index is 11.9. The summed E-state index contributed by atoms with van der Waals surface area (Å²) in [5.74, 6) is -0.211. The minimum absolute atomic E-state index is 0.0657. The van der Waals surface area contributed by atoms with Crippen molar-refractivity contribution in [3.63, 3.8) is 0 Å². The average molecular weight is 322 g/mol. The van der Waals surface area contributed by atoms with Gasteiger partial charge in [0.05, 0.1) is 12.9 Å². The molecule has 2 amide bonds. The molecule has 0 aromatic heterocycles. The van der Waals surface area contributed by atoms with Crippen LogP contribution in [0.25, 0.3) is 0 Å². The number of unbranched alkanes of at least 4 members (excludes halogenated alkanes) is 1. The molecule has 8 nitrogen and oxygen atoms in total. The highest BCUT2D eigenvalue weighted by molar-refractivity contribution is 7.85. The summed E-state index contributed by atoms with van der Waals surface area (Å²) in [5.41, 5.74) is 0. The molecule has 0 spiro atoms. The van der Waals surface area contributed by atoms with Crippen LogP contribution in [-0.4, -0.2) is 62.9 Å². The lowest BCUT2D eigenvalue weighted by Gasteiger charge is -2.29. The minimum Gasteiger partial charge on any atom is -0.465 e. The van der Waals surface area contributed by atoms with Crippen LogP contribution < -0.4 is 5.32 Å². The number of piperidine rings is 1. The van der Waals surface area contributed by atoms with Crippen LogP contribution in [0.1, 0.15) is 25.7 Å². The standard InChI is InChI=1S/C12H22N2O6S/c1-21(18,19)20-9-3-2-6-13-11(15)10-4-7-14(8-5-10)12(16)17/h10H,2-9H2,1H3,(H,13,15)(H,16,17). The van der Waals surface area contributed by atoms with Crippen LogP contribution >= 0.6 is 0 Å². The number of carbonyl (C=O) groups is 2. The molecule has 1 aliphatic rings. The second kappa shape index (κ2) is 8.18. The van der Waals surface area contributed by atoms with E-state index >= 15 is 0 Å². The predicted octanol–water partition coefficient (Wildman–Crippen LogP) is 0.249. The molecule has 0 aliphatic carbocycles. The van der Waals surface area contributed by atoms with Gasteiger partial charge in [-0.05, 0) is 25.7 Å². The lowest BCUT2D eigenvalue weighted by Crippen LogP contribution is -2.42. The molecule has 21 heavy (non-hydrogen) atoms. The van der Waals surface area contributed by atoms with Crippen LogP contribution in [0.3, 0.4) is 0 Å². The van der Waals surface area contributed by atoms with Gasteiger partial charge >= 0.3 is 6.09 Å². The van der Waals surface area contributed by atoms with Gasteiger partial charge in [0.1, 0.15) is 0 Å². The number of likely N-dealkylation sites (tertiary alicyclic amines) is 1. The fraction of sp³-hybridized carbons (Fsp3) is 0.833. The fourth-order valence-corrected chi connectivity index (χ4v) is 2.55. The van der Waals surface area contributed by atoms with Gasteiger partial charge in [-0.2, -0.15) is 8.42 Å². The Morgan fingerprint density at radius 3 is 2.43 bits per heavy atom. The van der Waals surface area contributed by atoms with E-state index in [1.807, 2.05) is 0 Å². The van der Waals surface area contributed by atoms with Crippen molar-refractivity contribution in [1.82, 2.24) is 10.2 Å². The van der Waals surface area contributed by atoms with Crippen molar-refractivity contribution in [3.05, 3.63) is 0 Å². The van der Waals surface area contributed by atoms with E-state index < -0.39 is 16.2 Å². The molecule has 2 N–H and O–H groups in total. The van der Waals surface area contributed by atoms with Crippen molar-refractivity contribution in [1.29, 1.82) is 0 Å². The monoisotopic (exact) mass is 322 g/mol. The zero-order valence-electron chi connectivity index (χ0n) is 12.1. The molecule has 1 aliphatic heterocycles. The second-order valence-corrected chi connectivity index (χ2v) is 6.71. The smallest absolute Gasteiger partial charge is 0.407 e. The normalized spacial score (nSPS) is 16.7. The molecule has 1 heterocycles. The van der Waals surface area contributed by atoms with E-state index in [-0.39, 0.29) is 18.4 Å². The quantitative estimate of drug-likeness (QED) is 0.513. The van der Waals surface area contributed by atoms with Gasteiger partial charge < -0.3 is 15.3 Å². The fourth-order valence-electron chi connectivity index (χ4n) is 2.13. The Kier molecular flexibility index (Phi) is 6.90. The van der Waals surface area contributed by atoms with E-state index in [4.69, 9.17) is 5.11 Å². The molecular weight excluding hydrogens is 300 g/mol. The Balaban J connectivity index is 2.11. The molecule has 0 unspecified atom stereocenters. The Labute approximate surface area is 124 Å². The number of amides is 2. The lowest BCUT2D eigenvalue weighted by molar-refractivity contribution is -0.126. The summed E-state index contributed by atoms with van der Waals surface area (Å²) in [7, 11) is -3.40. The van der Waals surface area contributed by atoms with E-state index in [1.54, 1.807) is 0 Å². The van der Waals surface area contributed by atoms with Crippen LogP contribution in [-0.2, 0) is 19.1 Å². The zero-order chi connectivity index (χ0) is 15.9. The maximum absolute atomic E-state index is 11.9. The summed E-state index contributed by atoms with van der Waals surface area (Å²) in [6, 6.07) is 0. The van der Waals surface area contributed by atoms with Crippen molar-refractivity contribution in [2.24, 2.45) is 5.92 Å². The molecule has 0 saturated carbocycles. The van der Waals surface area contributed by atoms with Crippen molar-refractivity contribution in [3.8, 4) is 0 Å². The van der Waals surface area contributed by atoms with Crippen LogP contribution in [0.5, 0.6) is 0 Å². The van der Waals surface area contributed by atoms with Crippen LogP contribution in [0, 0.1) is 5.92 Å². The Morgan fingerprint density at radius 1 is 1.29 bits per heavy atom. The third-order valence-corrected chi connectivity index (χ3v) is 3.90. The summed E-state index contributed by atoms with van der Waals surface area (Å²) >= 11 is 0. The number of hydrogen-bond donors (Lipinski definition) is 2. The highest BCUT2D eigenvalue weighted by Crippen LogP contribution is 2.17. The summed E-state index contributed by atoms with van der Waals surface area (Å²) in [4.78, 5) is 23.9. The van der Waals surface area contributed by atoms with Crippen LogP contribution in [0.4, 0.5) is 4.79 Å². The molecule has 0 bridgehead atoms. The van der Waals surface area contributed by atoms with Gasteiger partial charge in [0, 0.05) is 25.6 Å². The first-order valence-electron chi connectivity index (χ1n) is 6.89. The maximum Gasteiger partial charge on any atom is 0.407 e. The number of carbonyl (C=O) groups excluding carboxylic acids is 1. The van der Waals surface area contributed by atoms with Crippen LogP contribution in [0.2, 0.25) is 0 Å². The van der Waals surface area contributed by atoms with Gasteiger partial charge in [-0.25, -0.2) is 4.79 Å². The number of nitrogens with zero attached hydrogens (tertiary/aromatic N) is 1. The first-order chi connectivity index (χ1) is 9.79. The molecule has 0 atom stereocenters. The highest BCUT2D eigenvalue weighted by atomic mass is 32.2. The molecule has 1 saturated heterocycles. The van der Waals surface area contributed by atoms with Crippen molar-refractivity contribution >= 4 is 22.1 Å². The molecule has 0 aromatic carbocycles. The van der Waals surface area contributed by atoms with E-state index in [0.717, 1.165) is 6.26 Å². The Morgan fingerprint density at radius 2 is 1.90 bits per heavy atom. The van der Waals surface area contributed by atoms with Gasteiger partial charge in [0.2, 0.25) is 5.91 Å². The average Bonchev–Trinajstić information content (AvgIpc) is 2.41. The summed E-state index contributed by atoms with van der Waals surface area (Å²) in [6.07, 6.45) is 2.31. The van der Waals surface area contributed by atoms with E-state index in [9.17, 15) is 18.0 Å². The number of rotatable bonds is 7. The van der Waals surface area contributed by atoms with Gasteiger partial charge in [-0.1, -0.05) is 0 Å². The second-order valence-electron chi connectivity index (χ2n) is 5.07. The molecule has 0 radical (unpaired) electrons.